The number of carbonyl (C=O) groups excluding carboxylic acids is 1. The number of carbonyl (C=O) groups is 1. The Hall–Kier alpha value is -4.78. The number of hydrogen-bond donors (Lipinski definition) is 2. The summed E-state index contributed by atoms with van der Waals surface area (Å²) in [4.78, 5) is 53.9. The fourth-order valence-corrected chi connectivity index (χ4v) is 8.72. The lowest BCUT2D eigenvalue weighted by atomic mass is 9.88. The SMILES string of the molecule is COc1nc(-c2cccc(-c3cccc(Nc4ncnc5c4c(=O)n(C)c(=O)n5C)c3Cl)c2Cl)cc2c1[C@H](N1CC[C@@]3(CCCC(=O)N3)C1)CC2. The second-order valence-corrected chi connectivity index (χ2v) is 14.4. The van der Waals surface area contributed by atoms with Gasteiger partial charge in [-0.15, -0.1) is 0 Å². The number of hydrogen-bond acceptors (Lipinski definition) is 9. The minimum absolute atomic E-state index is 0.139. The van der Waals surface area contributed by atoms with Crippen molar-refractivity contribution >= 4 is 51.6 Å². The molecule has 2 N–H and O–H groups in total. The van der Waals surface area contributed by atoms with Gasteiger partial charge in [0, 0.05) is 61.9 Å². The molecule has 0 bridgehead atoms. The molecule has 2 atom stereocenters. The van der Waals surface area contributed by atoms with Crippen molar-refractivity contribution in [2.24, 2.45) is 14.1 Å². The first-order chi connectivity index (χ1) is 24.6. The third kappa shape index (κ3) is 5.56. The number of pyridine rings is 1. The number of piperidine rings is 1. The third-order valence-corrected chi connectivity index (χ3v) is 11.5. The van der Waals surface area contributed by atoms with Crippen LogP contribution in [0, 0.1) is 0 Å². The first-order valence-corrected chi connectivity index (χ1v) is 17.7. The molecule has 0 radical (unpaired) electrons. The van der Waals surface area contributed by atoms with Gasteiger partial charge in [0.1, 0.15) is 17.5 Å². The molecule has 3 aromatic heterocycles. The Morgan fingerprint density at radius 2 is 1.73 bits per heavy atom. The van der Waals surface area contributed by atoms with E-state index in [2.05, 4.69) is 31.6 Å². The summed E-state index contributed by atoms with van der Waals surface area (Å²) in [6.45, 7) is 1.75. The normalized spacial score (nSPS) is 20.2. The van der Waals surface area contributed by atoms with Gasteiger partial charge in [-0.1, -0.05) is 53.5 Å². The van der Waals surface area contributed by atoms with Crippen molar-refractivity contribution in [2.45, 2.75) is 50.1 Å². The molecule has 0 saturated carbocycles. The van der Waals surface area contributed by atoms with E-state index in [0.717, 1.165) is 60.9 Å². The fourth-order valence-electron chi connectivity index (χ4n) is 8.12. The molecular formula is C37H36Cl2N8O4. The number of benzene rings is 2. The van der Waals surface area contributed by atoms with Crippen molar-refractivity contribution in [2.75, 3.05) is 25.5 Å². The number of nitrogens with zero attached hydrogens (tertiary/aromatic N) is 6. The van der Waals surface area contributed by atoms with Gasteiger partial charge in [0.15, 0.2) is 5.65 Å². The molecule has 1 spiro atoms. The summed E-state index contributed by atoms with van der Waals surface area (Å²) in [6.07, 6.45) is 6.64. The summed E-state index contributed by atoms with van der Waals surface area (Å²) in [5.74, 6) is 0.961. The van der Waals surface area contributed by atoms with Gasteiger partial charge in [0.25, 0.3) is 5.56 Å². The molecule has 0 unspecified atom stereocenters. The lowest BCUT2D eigenvalue weighted by Gasteiger charge is -2.35. The van der Waals surface area contributed by atoms with Gasteiger partial charge < -0.3 is 15.4 Å². The zero-order valence-corrected chi connectivity index (χ0v) is 29.9. The predicted molar refractivity (Wildman–Crippen MR) is 197 cm³/mol. The Morgan fingerprint density at radius 3 is 2.51 bits per heavy atom. The van der Waals surface area contributed by atoms with Crippen molar-refractivity contribution in [1.82, 2.24) is 34.3 Å². The molecule has 8 rings (SSSR count). The number of amides is 1. The summed E-state index contributed by atoms with van der Waals surface area (Å²) in [5, 5.41) is 7.49. The van der Waals surface area contributed by atoms with E-state index >= 15 is 0 Å². The molecule has 262 valence electrons. The summed E-state index contributed by atoms with van der Waals surface area (Å²) in [7, 11) is 4.62. The van der Waals surface area contributed by atoms with Crippen LogP contribution in [0.5, 0.6) is 5.88 Å². The Bertz CT molecular complexity index is 2380. The molecule has 2 aliphatic heterocycles. The van der Waals surface area contributed by atoms with Gasteiger partial charge in [-0.05, 0) is 49.8 Å². The second kappa shape index (κ2) is 12.8. The molecule has 2 aromatic carbocycles. The second-order valence-electron chi connectivity index (χ2n) is 13.6. The summed E-state index contributed by atoms with van der Waals surface area (Å²) < 4.78 is 8.25. The number of anilines is 2. The van der Waals surface area contributed by atoms with Gasteiger partial charge in [-0.3, -0.25) is 23.6 Å². The van der Waals surface area contributed by atoms with Crippen LogP contribution in [0.3, 0.4) is 0 Å². The molecule has 5 heterocycles. The molecule has 1 aliphatic carbocycles. The lowest BCUT2D eigenvalue weighted by Crippen LogP contribution is -2.53. The average Bonchev–Trinajstić information content (AvgIpc) is 3.74. The molecular weight excluding hydrogens is 691 g/mol. The zero-order valence-electron chi connectivity index (χ0n) is 28.4. The highest BCUT2D eigenvalue weighted by Gasteiger charge is 2.45. The van der Waals surface area contributed by atoms with Crippen LogP contribution in [0.4, 0.5) is 11.5 Å². The van der Waals surface area contributed by atoms with Crippen LogP contribution >= 0.6 is 23.2 Å². The number of ether oxygens (including phenoxy) is 1. The van der Waals surface area contributed by atoms with Crippen LogP contribution in [0.25, 0.3) is 33.4 Å². The Labute approximate surface area is 303 Å². The summed E-state index contributed by atoms with van der Waals surface area (Å²) >= 11 is 14.2. The number of methoxy groups -OCH3 is 1. The predicted octanol–water partition coefficient (Wildman–Crippen LogP) is 5.55. The van der Waals surface area contributed by atoms with E-state index in [1.807, 2.05) is 30.3 Å². The topological polar surface area (TPSA) is 136 Å². The maximum absolute atomic E-state index is 13.1. The molecule has 3 aliphatic rings. The van der Waals surface area contributed by atoms with E-state index in [1.54, 1.807) is 20.2 Å². The summed E-state index contributed by atoms with van der Waals surface area (Å²) in [6, 6.07) is 13.5. The van der Waals surface area contributed by atoms with E-state index in [4.69, 9.17) is 32.9 Å². The summed E-state index contributed by atoms with van der Waals surface area (Å²) in [5.41, 5.74) is 4.65. The van der Waals surface area contributed by atoms with Crippen LogP contribution in [-0.2, 0) is 25.3 Å². The minimum atomic E-state index is -0.523. The molecule has 5 aromatic rings. The van der Waals surface area contributed by atoms with Crippen LogP contribution in [0.2, 0.25) is 10.0 Å². The molecule has 2 fully saturated rings. The van der Waals surface area contributed by atoms with Crippen LogP contribution in [-0.4, -0.2) is 60.6 Å². The Balaban J connectivity index is 1.12. The minimum Gasteiger partial charge on any atom is -0.481 e. The number of aromatic nitrogens is 5. The van der Waals surface area contributed by atoms with Crippen molar-refractivity contribution in [3.05, 3.63) is 90.8 Å². The molecule has 12 nitrogen and oxygen atoms in total. The standard InChI is InChI=1S/C37H36Cl2N8O4/c1-45-33-29(35(49)46(2)36(45)50)32(40-19-41-33)42-24-10-5-8-22(31(24)39)21-7-4-9-23(30(21)38)25-17-20-12-13-26(28(20)34(43-25)51-3)47-16-15-37(18-47)14-6-11-27(48)44-37/h4-5,7-10,17,19,26H,6,11-16,18H2,1-3H3,(H,44,48)(H,40,41,42)/t26-,37+/m1/s1. The molecule has 1 amide bonds. The number of rotatable bonds is 6. The maximum Gasteiger partial charge on any atom is 0.332 e. The number of fused-ring (bicyclic) bond motifs is 2. The highest BCUT2D eigenvalue weighted by atomic mass is 35.5. The van der Waals surface area contributed by atoms with Gasteiger partial charge in [-0.25, -0.2) is 19.7 Å². The number of halogens is 2. The highest BCUT2D eigenvalue weighted by Crippen LogP contribution is 2.47. The fraction of sp³-hybridized carbons (Fsp3) is 0.351. The molecule has 14 heteroatoms. The van der Waals surface area contributed by atoms with Crippen molar-refractivity contribution < 1.29 is 9.53 Å². The van der Waals surface area contributed by atoms with E-state index in [9.17, 15) is 14.4 Å². The van der Waals surface area contributed by atoms with Gasteiger partial charge in [-0.2, -0.15) is 0 Å². The first kappa shape index (κ1) is 33.4. The van der Waals surface area contributed by atoms with Gasteiger partial charge in [0.05, 0.1) is 34.1 Å². The van der Waals surface area contributed by atoms with Gasteiger partial charge in [0.2, 0.25) is 11.8 Å². The molecule has 51 heavy (non-hydrogen) atoms. The smallest absolute Gasteiger partial charge is 0.332 e. The number of aryl methyl sites for hydroxylation is 2. The monoisotopic (exact) mass is 726 g/mol. The van der Waals surface area contributed by atoms with Crippen LogP contribution in [0.1, 0.15) is 49.3 Å². The Kier molecular flexibility index (Phi) is 8.35. The zero-order chi connectivity index (χ0) is 35.6. The van der Waals surface area contributed by atoms with E-state index in [0.29, 0.717) is 44.9 Å². The third-order valence-electron chi connectivity index (χ3n) is 10.7. The van der Waals surface area contributed by atoms with Crippen LogP contribution in [0.15, 0.2) is 58.4 Å². The van der Waals surface area contributed by atoms with Crippen molar-refractivity contribution in [3.63, 3.8) is 0 Å². The number of likely N-dealkylation sites (tertiary alicyclic amines) is 1. The van der Waals surface area contributed by atoms with Crippen molar-refractivity contribution in [3.8, 4) is 28.3 Å². The average molecular weight is 728 g/mol. The Morgan fingerprint density at radius 1 is 0.961 bits per heavy atom. The van der Waals surface area contributed by atoms with E-state index in [1.165, 1.54) is 23.5 Å². The van der Waals surface area contributed by atoms with E-state index < -0.39 is 11.2 Å². The number of nitrogens with one attached hydrogen (secondary N) is 2. The van der Waals surface area contributed by atoms with Crippen molar-refractivity contribution in [1.29, 1.82) is 0 Å². The lowest BCUT2D eigenvalue weighted by molar-refractivity contribution is -0.125. The first-order valence-electron chi connectivity index (χ1n) is 17.0. The highest BCUT2D eigenvalue weighted by molar-refractivity contribution is 6.39. The molecule has 2 saturated heterocycles. The quantitative estimate of drug-likeness (QED) is 0.231. The van der Waals surface area contributed by atoms with Gasteiger partial charge >= 0.3 is 5.69 Å². The van der Waals surface area contributed by atoms with Crippen LogP contribution < -0.4 is 26.6 Å². The maximum atomic E-state index is 13.1. The van der Waals surface area contributed by atoms with E-state index in [-0.39, 0.29) is 34.3 Å². The largest absolute Gasteiger partial charge is 0.481 e.